The van der Waals surface area contributed by atoms with E-state index in [2.05, 4.69) is 15.3 Å². The van der Waals surface area contributed by atoms with Crippen molar-refractivity contribution >= 4 is 5.82 Å². The van der Waals surface area contributed by atoms with Crippen LogP contribution in [-0.2, 0) is 0 Å². The Labute approximate surface area is 93.4 Å². The smallest absolute Gasteiger partial charge is 0.217 e. The molecular weight excluding hydrogens is 205 g/mol. The Morgan fingerprint density at radius 3 is 2.62 bits per heavy atom. The first-order valence-corrected chi connectivity index (χ1v) is 5.05. The van der Waals surface area contributed by atoms with Crippen molar-refractivity contribution in [2.45, 2.75) is 13.0 Å². The first-order chi connectivity index (χ1) is 7.75. The lowest BCUT2D eigenvalue weighted by atomic mass is 10.1. The van der Waals surface area contributed by atoms with Crippen molar-refractivity contribution in [3.8, 4) is 0 Å². The highest BCUT2D eigenvalue weighted by atomic mass is 19.1. The lowest BCUT2D eigenvalue weighted by Crippen LogP contribution is -2.08. The van der Waals surface area contributed by atoms with Gasteiger partial charge in [-0.2, -0.15) is 4.39 Å². The Bertz CT molecular complexity index is 459. The van der Waals surface area contributed by atoms with Crippen LogP contribution in [0.3, 0.4) is 0 Å². The van der Waals surface area contributed by atoms with E-state index in [4.69, 9.17) is 0 Å². The SMILES string of the molecule is CC(Nc1cc(F)ncn1)c1ccccc1. The molecule has 0 fully saturated rings. The van der Waals surface area contributed by atoms with Crippen molar-refractivity contribution < 1.29 is 4.39 Å². The number of hydrogen-bond acceptors (Lipinski definition) is 3. The summed E-state index contributed by atoms with van der Waals surface area (Å²) in [4.78, 5) is 7.34. The molecule has 0 bridgehead atoms. The molecule has 2 rings (SSSR count). The van der Waals surface area contributed by atoms with E-state index in [0.717, 1.165) is 5.56 Å². The van der Waals surface area contributed by atoms with Crippen molar-refractivity contribution in [2.24, 2.45) is 0 Å². The molecule has 1 aromatic carbocycles. The van der Waals surface area contributed by atoms with Crippen LogP contribution in [-0.4, -0.2) is 9.97 Å². The van der Waals surface area contributed by atoms with E-state index in [1.54, 1.807) is 0 Å². The second kappa shape index (κ2) is 4.70. The molecule has 2 aromatic rings. The molecule has 1 heterocycles. The summed E-state index contributed by atoms with van der Waals surface area (Å²) >= 11 is 0. The fraction of sp³-hybridized carbons (Fsp3) is 0.167. The highest BCUT2D eigenvalue weighted by Gasteiger charge is 2.05. The van der Waals surface area contributed by atoms with Crippen molar-refractivity contribution in [1.29, 1.82) is 0 Å². The fourth-order valence-electron chi connectivity index (χ4n) is 1.46. The molecule has 0 aliphatic carbocycles. The van der Waals surface area contributed by atoms with Gasteiger partial charge in [-0.05, 0) is 12.5 Å². The van der Waals surface area contributed by atoms with Gasteiger partial charge in [0.15, 0.2) is 0 Å². The average molecular weight is 217 g/mol. The lowest BCUT2D eigenvalue weighted by Gasteiger charge is -2.14. The summed E-state index contributed by atoms with van der Waals surface area (Å²) in [6, 6.07) is 11.3. The average Bonchev–Trinajstić information content (AvgIpc) is 2.30. The number of nitrogens with one attached hydrogen (secondary N) is 1. The Hall–Kier alpha value is -1.97. The summed E-state index contributed by atoms with van der Waals surface area (Å²) in [5, 5.41) is 3.11. The van der Waals surface area contributed by atoms with E-state index in [1.165, 1.54) is 12.4 Å². The first kappa shape index (κ1) is 10.5. The highest BCUT2D eigenvalue weighted by Crippen LogP contribution is 2.16. The Kier molecular flexibility index (Phi) is 3.10. The van der Waals surface area contributed by atoms with Crippen molar-refractivity contribution in [3.63, 3.8) is 0 Å². The molecule has 0 saturated carbocycles. The van der Waals surface area contributed by atoms with Crippen LogP contribution in [0.2, 0.25) is 0 Å². The third-order valence-electron chi connectivity index (χ3n) is 2.30. The highest BCUT2D eigenvalue weighted by molar-refractivity contribution is 5.36. The maximum Gasteiger partial charge on any atom is 0.217 e. The van der Waals surface area contributed by atoms with Crippen LogP contribution in [0.5, 0.6) is 0 Å². The maximum absolute atomic E-state index is 12.8. The number of nitrogens with zero attached hydrogens (tertiary/aromatic N) is 2. The van der Waals surface area contributed by atoms with Gasteiger partial charge in [-0.15, -0.1) is 0 Å². The predicted molar refractivity (Wildman–Crippen MR) is 60.5 cm³/mol. The monoisotopic (exact) mass is 217 g/mol. The molecule has 1 N–H and O–H groups in total. The molecule has 0 aliphatic heterocycles. The van der Waals surface area contributed by atoms with Crippen LogP contribution in [0.4, 0.5) is 10.2 Å². The van der Waals surface area contributed by atoms with Gasteiger partial charge in [-0.3, -0.25) is 0 Å². The summed E-state index contributed by atoms with van der Waals surface area (Å²) in [7, 11) is 0. The molecule has 1 unspecified atom stereocenters. The van der Waals surface area contributed by atoms with Crippen LogP contribution in [0.1, 0.15) is 18.5 Å². The van der Waals surface area contributed by atoms with Crippen LogP contribution in [0.15, 0.2) is 42.7 Å². The summed E-state index contributed by atoms with van der Waals surface area (Å²) in [5.74, 6) is -0.0402. The third kappa shape index (κ3) is 2.53. The number of halogens is 1. The van der Waals surface area contributed by atoms with Crippen LogP contribution in [0.25, 0.3) is 0 Å². The second-order valence-electron chi connectivity index (χ2n) is 3.50. The van der Waals surface area contributed by atoms with Crippen molar-refractivity contribution in [3.05, 3.63) is 54.2 Å². The summed E-state index contributed by atoms with van der Waals surface area (Å²) in [6.45, 7) is 2.00. The molecule has 1 aromatic heterocycles. The molecular formula is C12H12FN3. The minimum atomic E-state index is -0.530. The van der Waals surface area contributed by atoms with Gasteiger partial charge in [0.05, 0.1) is 0 Å². The second-order valence-corrected chi connectivity index (χ2v) is 3.50. The van der Waals surface area contributed by atoms with E-state index in [1.807, 2.05) is 37.3 Å². The van der Waals surface area contributed by atoms with E-state index in [0.29, 0.717) is 5.82 Å². The summed E-state index contributed by atoms with van der Waals surface area (Å²) < 4.78 is 12.8. The lowest BCUT2D eigenvalue weighted by molar-refractivity contribution is 0.579. The van der Waals surface area contributed by atoms with E-state index < -0.39 is 5.95 Å². The Balaban J connectivity index is 2.11. The van der Waals surface area contributed by atoms with Crippen molar-refractivity contribution in [1.82, 2.24) is 9.97 Å². The number of benzene rings is 1. The van der Waals surface area contributed by atoms with E-state index >= 15 is 0 Å². The minimum absolute atomic E-state index is 0.0792. The maximum atomic E-state index is 12.8. The van der Waals surface area contributed by atoms with Gasteiger partial charge < -0.3 is 5.32 Å². The van der Waals surface area contributed by atoms with Gasteiger partial charge in [0.25, 0.3) is 0 Å². The van der Waals surface area contributed by atoms with Crippen LogP contribution < -0.4 is 5.32 Å². The van der Waals surface area contributed by atoms with E-state index in [-0.39, 0.29) is 6.04 Å². The fourth-order valence-corrected chi connectivity index (χ4v) is 1.46. The van der Waals surface area contributed by atoms with E-state index in [9.17, 15) is 4.39 Å². The largest absolute Gasteiger partial charge is 0.363 e. The molecule has 3 nitrogen and oxygen atoms in total. The van der Waals surface area contributed by atoms with Gasteiger partial charge >= 0.3 is 0 Å². The van der Waals surface area contributed by atoms with Gasteiger partial charge in [0, 0.05) is 12.1 Å². The quantitative estimate of drug-likeness (QED) is 0.803. The van der Waals surface area contributed by atoms with Crippen molar-refractivity contribution in [2.75, 3.05) is 5.32 Å². The zero-order valence-electron chi connectivity index (χ0n) is 8.89. The molecule has 0 radical (unpaired) electrons. The molecule has 82 valence electrons. The molecule has 4 heteroatoms. The minimum Gasteiger partial charge on any atom is -0.363 e. The Morgan fingerprint density at radius 2 is 1.94 bits per heavy atom. The van der Waals surface area contributed by atoms with Gasteiger partial charge in [-0.1, -0.05) is 30.3 Å². The van der Waals surface area contributed by atoms with Gasteiger partial charge in [-0.25, -0.2) is 9.97 Å². The normalized spacial score (nSPS) is 12.1. The number of rotatable bonds is 3. The predicted octanol–water partition coefficient (Wildman–Crippen LogP) is 2.79. The summed E-state index contributed by atoms with van der Waals surface area (Å²) in [5.41, 5.74) is 1.13. The zero-order valence-corrected chi connectivity index (χ0v) is 8.89. The molecule has 0 amide bonds. The summed E-state index contributed by atoms with van der Waals surface area (Å²) in [6.07, 6.45) is 1.20. The standard InChI is InChI=1S/C12H12FN3/c1-9(10-5-3-2-4-6-10)16-12-7-11(13)14-8-15-12/h2-9H,1H3,(H,14,15,16). The first-order valence-electron chi connectivity index (χ1n) is 5.05. The van der Waals surface area contributed by atoms with Gasteiger partial charge in [0.1, 0.15) is 12.1 Å². The molecule has 1 atom stereocenters. The molecule has 0 saturated heterocycles. The molecule has 16 heavy (non-hydrogen) atoms. The van der Waals surface area contributed by atoms with Gasteiger partial charge in [0.2, 0.25) is 5.95 Å². The molecule has 0 aliphatic rings. The topological polar surface area (TPSA) is 37.8 Å². The third-order valence-corrected chi connectivity index (χ3v) is 2.30. The number of anilines is 1. The van der Waals surface area contributed by atoms with Crippen LogP contribution in [0, 0.1) is 5.95 Å². The molecule has 0 spiro atoms. The Morgan fingerprint density at radius 1 is 1.19 bits per heavy atom. The number of hydrogen-bond donors (Lipinski definition) is 1. The van der Waals surface area contributed by atoms with Crippen LogP contribution >= 0.6 is 0 Å². The zero-order chi connectivity index (χ0) is 11.4. The number of aromatic nitrogens is 2.